The highest BCUT2D eigenvalue weighted by Gasteiger charge is 1.99. The van der Waals surface area contributed by atoms with Gasteiger partial charge < -0.3 is 19.9 Å². The Hall–Kier alpha value is -1.88. The quantitative estimate of drug-likeness (QED) is 0.733. The molecule has 4 nitrogen and oxygen atoms in total. The number of hydrogen-bond acceptors (Lipinski definition) is 4. The molecule has 0 aliphatic heterocycles. The van der Waals surface area contributed by atoms with Gasteiger partial charge in [0.2, 0.25) is 0 Å². The number of hydrogen-bond donors (Lipinski definition) is 2. The van der Waals surface area contributed by atoms with E-state index in [0.717, 1.165) is 30.2 Å². The van der Waals surface area contributed by atoms with E-state index in [0.29, 0.717) is 6.61 Å². The predicted octanol–water partition coefficient (Wildman–Crippen LogP) is 2.71. The van der Waals surface area contributed by atoms with Crippen molar-refractivity contribution in [3.8, 4) is 11.5 Å². The van der Waals surface area contributed by atoms with Gasteiger partial charge in [-0.3, -0.25) is 0 Å². The fourth-order valence-electron chi connectivity index (χ4n) is 1.88. The van der Waals surface area contributed by atoms with E-state index in [1.807, 2.05) is 48.5 Å². The first-order valence-electron chi connectivity index (χ1n) is 6.98. The van der Waals surface area contributed by atoms with E-state index < -0.39 is 0 Å². The molecular weight excluding hydrogens is 266 g/mol. The Morgan fingerprint density at radius 3 is 2.00 bits per heavy atom. The summed E-state index contributed by atoms with van der Waals surface area (Å²) >= 11 is 0. The normalized spacial score (nSPS) is 10.6. The summed E-state index contributed by atoms with van der Waals surface area (Å²) in [6.45, 7) is 2.41. The van der Waals surface area contributed by atoms with Crippen molar-refractivity contribution in [2.75, 3.05) is 20.3 Å². The lowest BCUT2D eigenvalue weighted by Crippen LogP contribution is -2.18. The molecule has 0 heterocycles. The minimum absolute atomic E-state index is 0.0467. The number of rotatable bonds is 8. The molecular formula is C17H21NO3. The molecule has 0 radical (unpaired) electrons. The molecule has 0 aromatic heterocycles. The number of ether oxygens (including phenoxy) is 2. The molecule has 0 amide bonds. The number of benzene rings is 2. The van der Waals surface area contributed by atoms with Gasteiger partial charge in [-0.15, -0.1) is 0 Å². The van der Waals surface area contributed by atoms with Gasteiger partial charge in [0, 0.05) is 20.2 Å². The van der Waals surface area contributed by atoms with Gasteiger partial charge in [0.15, 0.2) is 0 Å². The van der Waals surface area contributed by atoms with Crippen molar-refractivity contribution >= 4 is 0 Å². The molecule has 2 aromatic carbocycles. The van der Waals surface area contributed by atoms with Crippen molar-refractivity contribution in [2.45, 2.75) is 13.2 Å². The number of aliphatic hydroxyl groups is 1. The van der Waals surface area contributed by atoms with E-state index in [2.05, 4.69) is 5.32 Å². The van der Waals surface area contributed by atoms with Crippen LogP contribution in [-0.2, 0) is 17.9 Å². The maximum Gasteiger partial charge on any atom is 0.127 e. The first-order chi connectivity index (χ1) is 10.3. The van der Waals surface area contributed by atoms with Crippen molar-refractivity contribution in [3.05, 3.63) is 59.7 Å². The summed E-state index contributed by atoms with van der Waals surface area (Å²) in [4.78, 5) is 0. The largest absolute Gasteiger partial charge is 0.457 e. The molecule has 0 spiro atoms. The lowest BCUT2D eigenvalue weighted by atomic mass is 10.2. The zero-order valence-electron chi connectivity index (χ0n) is 12.2. The van der Waals surface area contributed by atoms with Crippen LogP contribution >= 0.6 is 0 Å². The molecule has 2 rings (SSSR count). The molecule has 2 aromatic rings. The van der Waals surface area contributed by atoms with E-state index in [1.165, 1.54) is 5.56 Å². The van der Waals surface area contributed by atoms with Crippen molar-refractivity contribution in [2.24, 2.45) is 0 Å². The summed E-state index contributed by atoms with van der Waals surface area (Å²) < 4.78 is 10.7. The van der Waals surface area contributed by atoms with Gasteiger partial charge >= 0.3 is 0 Å². The van der Waals surface area contributed by atoms with E-state index >= 15 is 0 Å². The van der Waals surface area contributed by atoms with Gasteiger partial charge in [0.05, 0.1) is 13.2 Å². The summed E-state index contributed by atoms with van der Waals surface area (Å²) in [5.41, 5.74) is 2.08. The lowest BCUT2D eigenvalue weighted by Gasteiger charge is -2.08. The number of methoxy groups -OCH3 is 1. The highest BCUT2D eigenvalue weighted by atomic mass is 16.5. The summed E-state index contributed by atoms with van der Waals surface area (Å²) in [5.74, 6) is 1.56. The fourth-order valence-corrected chi connectivity index (χ4v) is 1.88. The molecule has 0 aliphatic rings. The van der Waals surface area contributed by atoms with Gasteiger partial charge in [0.1, 0.15) is 11.5 Å². The minimum atomic E-state index is 0.0467. The molecule has 4 heteroatoms. The summed E-state index contributed by atoms with van der Waals surface area (Å²) in [5, 5.41) is 12.3. The zero-order chi connectivity index (χ0) is 14.9. The average molecular weight is 287 g/mol. The molecule has 0 saturated heterocycles. The SMILES string of the molecule is COCCNCc1ccc(Oc2ccc(CO)cc2)cc1. The minimum Gasteiger partial charge on any atom is -0.457 e. The predicted molar refractivity (Wildman–Crippen MR) is 82.5 cm³/mol. The van der Waals surface area contributed by atoms with Gasteiger partial charge in [-0.2, -0.15) is 0 Å². The zero-order valence-corrected chi connectivity index (χ0v) is 12.2. The van der Waals surface area contributed by atoms with Crippen LogP contribution in [0.15, 0.2) is 48.5 Å². The molecule has 21 heavy (non-hydrogen) atoms. The standard InChI is InChI=1S/C17H21NO3/c1-20-11-10-18-12-14-2-6-16(7-3-14)21-17-8-4-15(13-19)5-9-17/h2-9,18-19H,10-13H2,1H3. The van der Waals surface area contributed by atoms with Crippen molar-refractivity contribution in [3.63, 3.8) is 0 Å². The van der Waals surface area contributed by atoms with Crippen molar-refractivity contribution in [1.29, 1.82) is 0 Å². The van der Waals surface area contributed by atoms with Gasteiger partial charge in [-0.1, -0.05) is 24.3 Å². The van der Waals surface area contributed by atoms with Crippen LogP contribution in [0.2, 0.25) is 0 Å². The Morgan fingerprint density at radius 2 is 1.48 bits per heavy atom. The maximum atomic E-state index is 9.00. The summed E-state index contributed by atoms with van der Waals surface area (Å²) in [6, 6.07) is 15.4. The van der Waals surface area contributed by atoms with Gasteiger partial charge in [-0.25, -0.2) is 0 Å². The smallest absolute Gasteiger partial charge is 0.127 e. The van der Waals surface area contributed by atoms with Crippen molar-refractivity contribution < 1.29 is 14.6 Å². The van der Waals surface area contributed by atoms with Crippen LogP contribution in [0.3, 0.4) is 0 Å². The molecule has 0 fully saturated rings. The number of nitrogens with one attached hydrogen (secondary N) is 1. The van der Waals surface area contributed by atoms with Crippen LogP contribution in [0.4, 0.5) is 0 Å². The topological polar surface area (TPSA) is 50.7 Å². The fraction of sp³-hybridized carbons (Fsp3) is 0.294. The average Bonchev–Trinajstić information content (AvgIpc) is 2.54. The second-order valence-corrected chi connectivity index (χ2v) is 4.72. The lowest BCUT2D eigenvalue weighted by molar-refractivity contribution is 0.199. The van der Waals surface area contributed by atoms with Crippen LogP contribution in [0, 0.1) is 0 Å². The Kier molecular flexibility index (Phi) is 6.22. The van der Waals surface area contributed by atoms with E-state index in [9.17, 15) is 0 Å². The third-order valence-corrected chi connectivity index (χ3v) is 3.08. The molecule has 0 saturated carbocycles. The van der Waals surface area contributed by atoms with Crippen LogP contribution < -0.4 is 10.1 Å². The van der Waals surface area contributed by atoms with Crippen molar-refractivity contribution in [1.82, 2.24) is 5.32 Å². The molecule has 0 atom stereocenters. The summed E-state index contributed by atoms with van der Waals surface area (Å²) in [6.07, 6.45) is 0. The van der Waals surface area contributed by atoms with E-state index in [4.69, 9.17) is 14.6 Å². The van der Waals surface area contributed by atoms with Crippen LogP contribution in [0.25, 0.3) is 0 Å². The second kappa shape index (κ2) is 8.42. The monoisotopic (exact) mass is 287 g/mol. The van der Waals surface area contributed by atoms with E-state index in [1.54, 1.807) is 7.11 Å². The van der Waals surface area contributed by atoms with Crippen LogP contribution in [0.5, 0.6) is 11.5 Å². The highest BCUT2D eigenvalue weighted by Crippen LogP contribution is 2.22. The van der Waals surface area contributed by atoms with Crippen LogP contribution in [-0.4, -0.2) is 25.4 Å². The Morgan fingerprint density at radius 1 is 0.905 bits per heavy atom. The van der Waals surface area contributed by atoms with Crippen LogP contribution in [0.1, 0.15) is 11.1 Å². The Bertz CT molecular complexity index is 523. The number of aliphatic hydroxyl groups excluding tert-OH is 1. The van der Waals surface area contributed by atoms with E-state index in [-0.39, 0.29) is 6.61 Å². The molecule has 0 unspecified atom stereocenters. The maximum absolute atomic E-state index is 9.00. The molecule has 0 bridgehead atoms. The van der Waals surface area contributed by atoms with Gasteiger partial charge in [-0.05, 0) is 35.4 Å². The Balaban J connectivity index is 1.86. The highest BCUT2D eigenvalue weighted by molar-refractivity contribution is 5.34. The third-order valence-electron chi connectivity index (χ3n) is 3.08. The van der Waals surface area contributed by atoms with Gasteiger partial charge in [0.25, 0.3) is 0 Å². The molecule has 0 aliphatic carbocycles. The summed E-state index contributed by atoms with van der Waals surface area (Å²) in [7, 11) is 1.70. The first-order valence-corrected chi connectivity index (χ1v) is 6.98. The third kappa shape index (κ3) is 5.19. The first kappa shape index (κ1) is 15.5. The molecule has 112 valence electrons. The molecule has 2 N–H and O–H groups in total. The second-order valence-electron chi connectivity index (χ2n) is 4.72. The Labute approximate surface area is 125 Å².